The Morgan fingerprint density at radius 2 is 1.93 bits per heavy atom. The van der Waals surface area contributed by atoms with Crippen LogP contribution in [0.3, 0.4) is 0 Å². The van der Waals surface area contributed by atoms with Crippen LogP contribution < -0.4 is 0 Å². The lowest BCUT2D eigenvalue weighted by Gasteiger charge is -2.34. The van der Waals surface area contributed by atoms with E-state index in [-0.39, 0.29) is 30.8 Å². The number of carbonyl (C=O) groups excluding carboxylic acids is 2. The smallest absolute Gasteiger partial charge is 0.312 e. The Labute approximate surface area is 168 Å². The molecule has 2 aromatic rings. The summed E-state index contributed by atoms with van der Waals surface area (Å²) in [5, 5.41) is 2.71. The minimum Gasteiger partial charge on any atom is -0.455 e. The molecule has 1 aromatic heterocycles. The highest BCUT2D eigenvalue weighted by molar-refractivity contribution is 7.09. The van der Waals surface area contributed by atoms with Crippen molar-refractivity contribution in [1.29, 1.82) is 0 Å². The third kappa shape index (κ3) is 5.86. The molecule has 1 amide bonds. The average Bonchev–Trinajstić information content (AvgIpc) is 3.11. The molecule has 5 nitrogen and oxygen atoms in total. The van der Waals surface area contributed by atoms with E-state index in [1.54, 1.807) is 17.0 Å². The monoisotopic (exact) mass is 404 g/mol. The summed E-state index contributed by atoms with van der Waals surface area (Å²) in [6, 6.07) is 6.30. The second-order valence-electron chi connectivity index (χ2n) is 7.14. The van der Waals surface area contributed by atoms with Gasteiger partial charge in [0.1, 0.15) is 5.82 Å². The largest absolute Gasteiger partial charge is 0.455 e. The van der Waals surface area contributed by atoms with Gasteiger partial charge in [0.05, 0.1) is 17.1 Å². The number of hydrogen-bond acceptors (Lipinski definition) is 5. The Kier molecular flexibility index (Phi) is 7.14. The number of halogens is 1. The summed E-state index contributed by atoms with van der Waals surface area (Å²) < 4.78 is 18.4. The number of thiazole rings is 1. The number of benzene rings is 1. The van der Waals surface area contributed by atoms with Crippen molar-refractivity contribution in [2.24, 2.45) is 0 Å². The van der Waals surface area contributed by atoms with Crippen molar-refractivity contribution < 1.29 is 18.7 Å². The molecule has 0 radical (unpaired) electrons. The molecule has 150 valence electrons. The van der Waals surface area contributed by atoms with E-state index in [0.29, 0.717) is 12.2 Å². The van der Waals surface area contributed by atoms with Gasteiger partial charge < -0.3 is 9.64 Å². The van der Waals surface area contributed by atoms with Crippen molar-refractivity contribution in [3.63, 3.8) is 0 Å². The molecule has 0 aliphatic heterocycles. The zero-order valence-corrected chi connectivity index (χ0v) is 16.8. The van der Waals surface area contributed by atoms with Crippen LogP contribution >= 0.6 is 11.3 Å². The van der Waals surface area contributed by atoms with E-state index in [4.69, 9.17) is 4.74 Å². The third-order valence-corrected chi connectivity index (χ3v) is 5.77. The molecule has 0 N–H and O–H groups in total. The molecule has 1 heterocycles. The van der Waals surface area contributed by atoms with E-state index in [9.17, 15) is 14.0 Å². The summed E-state index contributed by atoms with van der Waals surface area (Å²) in [6.07, 6.45) is 5.30. The highest BCUT2D eigenvalue weighted by Crippen LogP contribution is 2.24. The van der Waals surface area contributed by atoms with E-state index in [0.717, 1.165) is 36.3 Å². The number of aromatic nitrogens is 1. The van der Waals surface area contributed by atoms with Crippen LogP contribution in [0.15, 0.2) is 29.6 Å². The number of amides is 1. The fraction of sp³-hybridized carbons (Fsp3) is 0.476. The molecule has 0 saturated heterocycles. The Balaban J connectivity index is 1.60. The van der Waals surface area contributed by atoms with Crippen molar-refractivity contribution in [2.75, 3.05) is 6.61 Å². The van der Waals surface area contributed by atoms with E-state index in [1.165, 1.54) is 29.9 Å². The van der Waals surface area contributed by atoms with Gasteiger partial charge >= 0.3 is 5.97 Å². The first-order chi connectivity index (χ1) is 13.5. The first-order valence-corrected chi connectivity index (χ1v) is 10.5. The van der Waals surface area contributed by atoms with Gasteiger partial charge in [-0.3, -0.25) is 9.59 Å². The maximum Gasteiger partial charge on any atom is 0.312 e. The fourth-order valence-electron chi connectivity index (χ4n) is 3.51. The second kappa shape index (κ2) is 9.78. The van der Waals surface area contributed by atoms with Gasteiger partial charge in [-0.15, -0.1) is 11.3 Å². The molecule has 0 unspecified atom stereocenters. The predicted molar refractivity (Wildman–Crippen MR) is 105 cm³/mol. The van der Waals surface area contributed by atoms with Crippen molar-refractivity contribution in [1.82, 2.24) is 9.88 Å². The summed E-state index contributed by atoms with van der Waals surface area (Å²) in [7, 11) is 0. The minimum absolute atomic E-state index is 0.0685. The van der Waals surface area contributed by atoms with Crippen molar-refractivity contribution in [3.8, 4) is 0 Å². The minimum atomic E-state index is -0.455. The number of aryl methyl sites for hydroxylation is 1. The molecule has 1 saturated carbocycles. The normalized spacial score (nSPS) is 14.6. The predicted octanol–water partition coefficient (Wildman–Crippen LogP) is 4.04. The Morgan fingerprint density at radius 3 is 2.57 bits per heavy atom. The van der Waals surface area contributed by atoms with Gasteiger partial charge in [-0.25, -0.2) is 9.37 Å². The summed E-state index contributed by atoms with van der Waals surface area (Å²) in [5.41, 5.74) is 1.53. The van der Waals surface area contributed by atoms with Gasteiger partial charge in [-0.1, -0.05) is 31.4 Å². The lowest BCUT2D eigenvalue weighted by Crippen LogP contribution is -2.43. The molecule has 0 spiro atoms. The van der Waals surface area contributed by atoms with E-state index in [2.05, 4.69) is 4.98 Å². The molecule has 1 fully saturated rings. The maximum atomic E-state index is 13.2. The van der Waals surface area contributed by atoms with Gasteiger partial charge in [-0.05, 0) is 37.5 Å². The lowest BCUT2D eigenvalue weighted by atomic mass is 9.93. The van der Waals surface area contributed by atoms with E-state index in [1.807, 2.05) is 12.3 Å². The number of rotatable bonds is 7. The van der Waals surface area contributed by atoms with Crippen LogP contribution in [0.4, 0.5) is 4.39 Å². The Morgan fingerprint density at radius 1 is 1.21 bits per heavy atom. The molecule has 1 aromatic carbocycles. The molecular weight excluding hydrogens is 379 g/mol. The van der Waals surface area contributed by atoms with Crippen LogP contribution in [0.1, 0.15) is 48.4 Å². The fourth-order valence-corrected chi connectivity index (χ4v) is 4.13. The number of esters is 1. The SMILES string of the molecule is Cc1nc(CC(=O)OCC(=O)N(Cc2ccc(F)cc2)C2CCCCC2)cs1. The number of carbonyl (C=O) groups is 2. The first kappa shape index (κ1) is 20.5. The van der Waals surface area contributed by atoms with Crippen LogP contribution in [0, 0.1) is 12.7 Å². The maximum absolute atomic E-state index is 13.2. The molecule has 0 atom stereocenters. The Hall–Kier alpha value is -2.28. The topological polar surface area (TPSA) is 59.5 Å². The van der Waals surface area contributed by atoms with Gasteiger partial charge in [0.25, 0.3) is 5.91 Å². The summed E-state index contributed by atoms with van der Waals surface area (Å²) >= 11 is 1.48. The highest BCUT2D eigenvalue weighted by Gasteiger charge is 2.26. The van der Waals surface area contributed by atoms with Crippen molar-refractivity contribution in [2.45, 2.75) is 58.0 Å². The van der Waals surface area contributed by atoms with E-state index >= 15 is 0 Å². The molecule has 1 aliphatic rings. The zero-order valence-electron chi connectivity index (χ0n) is 16.0. The molecule has 28 heavy (non-hydrogen) atoms. The van der Waals surface area contributed by atoms with Crippen LogP contribution in [0.25, 0.3) is 0 Å². The summed E-state index contributed by atoms with van der Waals surface area (Å²) in [6.45, 7) is 1.99. The van der Waals surface area contributed by atoms with Crippen LogP contribution in [-0.2, 0) is 27.3 Å². The van der Waals surface area contributed by atoms with Crippen molar-refractivity contribution >= 4 is 23.2 Å². The second-order valence-corrected chi connectivity index (χ2v) is 8.20. The van der Waals surface area contributed by atoms with E-state index < -0.39 is 5.97 Å². The van der Waals surface area contributed by atoms with Gasteiger partial charge in [-0.2, -0.15) is 0 Å². The van der Waals surface area contributed by atoms with Crippen molar-refractivity contribution in [3.05, 3.63) is 51.7 Å². The average molecular weight is 405 g/mol. The third-order valence-electron chi connectivity index (χ3n) is 4.95. The standard InChI is InChI=1S/C21H25FN2O3S/c1-15-23-18(14-28-15)11-21(26)27-13-20(25)24(19-5-3-2-4-6-19)12-16-7-9-17(22)10-8-16/h7-10,14,19H,2-6,11-13H2,1H3. The van der Waals surface area contributed by atoms with Gasteiger partial charge in [0.2, 0.25) is 0 Å². The molecule has 7 heteroatoms. The Bertz CT molecular complexity index is 800. The quantitative estimate of drug-likeness (QED) is 0.654. The number of hydrogen-bond donors (Lipinski definition) is 0. The zero-order chi connectivity index (χ0) is 19.9. The highest BCUT2D eigenvalue weighted by atomic mass is 32.1. The molecule has 0 bridgehead atoms. The van der Waals surface area contributed by atoms with Crippen LogP contribution in [0.5, 0.6) is 0 Å². The molecule has 1 aliphatic carbocycles. The summed E-state index contributed by atoms with van der Waals surface area (Å²) in [4.78, 5) is 30.9. The molecule has 3 rings (SSSR count). The number of nitrogens with zero attached hydrogens (tertiary/aromatic N) is 2. The summed E-state index contributed by atoms with van der Waals surface area (Å²) in [5.74, 6) is -0.964. The first-order valence-electron chi connectivity index (χ1n) is 9.62. The lowest BCUT2D eigenvalue weighted by molar-refractivity contribution is -0.153. The van der Waals surface area contributed by atoms with Crippen LogP contribution in [0.2, 0.25) is 0 Å². The van der Waals surface area contributed by atoms with Gasteiger partial charge in [0, 0.05) is 18.0 Å². The molecular formula is C21H25FN2O3S. The van der Waals surface area contributed by atoms with Crippen LogP contribution in [-0.4, -0.2) is 34.4 Å². The van der Waals surface area contributed by atoms with Gasteiger partial charge in [0.15, 0.2) is 6.61 Å². The number of ether oxygens (including phenoxy) is 1.